The lowest BCUT2D eigenvalue weighted by Crippen LogP contribution is -2.33. The molecular weight excluding hydrogens is 422 g/mol. The average molecular weight is 458 g/mol. The number of fused-ring (bicyclic) bond motifs is 1. The summed E-state index contributed by atoms with van der Waals surface area (Å²) in [5.41, 5.74) is 4.95. The van der Waals surface area contributed by atoms with E-state index in [2.05, 4.69) is 40.6 Å². The molecule has 0 radical (unpaired) electrons. The lowest BCUT2D eigenvalue weighted by molar-refractivity contribution is 0.0986. The predicted molar refractivity (Wildman–Crippen MR) is 138 cm³/mol. The molecule has 1 aliphatic rings. The Balaban J connectivity index is 1.71. The van der Waals surface area contributed by atoms with E-state index in [-0.39, 0.29) is 12.0 Å². The van der Waals surface area contributed by atoms with Crippen LogP contribution in [0.15, 0.2) is 67.0 Å². The second-order valence-corrected chi connectivity index (χ2v) is 9.18. The Labute approximate surface area is 203 Å². The third-order valence-corrected chi connectivity index (χ3v) is 6.11. The molecule has 0 fully saturated rings. The second-order valence-electron chi connectivity index (χ2n) is 9.18. The van der Waals surface area contributed by atoms with Crippen molar-refractivity contribution < 1.29 is 9.53 Å². The molecule has 178 valence electrons. The fourth-order valence-electron chi connectivity index (χ4n) is 4.44. The number of rotatable bonds is 4. The molecule has 34 heavy (non-hydrogen) atoms. The number of nitrogens with zero attached hydrogens (tertiary/aromatic N) is 2. The van der Waals surface area contributed by atoms with Crippen molar-refractivity contribution in [2.24, 2.45) is 0 Å². The summed E-state index contributed by atoms with van der Waals surface area (Å²) < 4.78 is 5.91. The maximum Gasteiger partial charge on any atom is 0.259 e. The summed E-state index contributed by atoms with van der Waals surface area (Å²) in [6.07, 6.45) is 9.22. The number of amides is 1. The Morgan fingerprint density at radius 3 is 2.62 bits per heavy atom. The Hall–Kier alpha value is -3.18. The van der Waals surface area contributed by atoms with Gasteiger partial charge in [-0.25, -0.2) is 0 Å². The van der Waals surface area contributed by atoms with Crippen molar-refractivity contribution in [2.45, 2.75) is 58.6 Å². The van der Waals surface area contributed by atoms with Crippen molar-refractivity contribution >= 4 is 11.6 Å². The molecule has 2 heterocycles. The Morgan fingerprint density at radius 2 is 1.79 bits per heavy atom. The lowest BCUT2D eigenvalue weighted by Gasteiger charge is -2.27. The molecule has 3 aromatic rings. The van der Waals surface area contributed by atoms with Crippen molar-refractivity contribution in [1.82, 2.24) is 10.3 Å². The Morgan fingerprint density at radius 1 is 0.971 bits per heavy atom. The zero-order valence-electron chi connectivity index (χ0n) is 20.3. The summed E-state index contributed by atoms with van der Waals surface area (Å²) in [5, 5.41) is 3.60. The molecule has 0 atom stereocenters. The molecule has 0 spiro atoms. The van der Waals surface area contributed by atoms with Crippen LogP contribution < -0.4 is 15.0 Å². The monoisotopic (exact) mass is 457 g/mol. The highest BCUT2D eigenvalue weighted by molar-refractivity contribution is 6.06. The molecule has 2 aromatic carbocycles. The van der Waals surface area contributed by atoms with E-state index in [0.717, 1.165) is 54.1 Å². The highest BCUT2D eigenvalue weighted by Gasteiger charge is 2.21. The summed E-state index contributed by atoms with van der Waals surface area (Å²) in [6.45, 7) is 6.49. The number of benzene rings is 2. The molecule has 5 nitrogen and oxygen atoms in total. The van der Waals surface area contributed by atoms with Crippen LogP contribution in [0.25, 0.3) is 11.1 Å². The minimum atomic E-state index is 0.00601. The van der Waals surface area contributed by atoms with E-state index < -0.39 is 0 Å². The van der Waals surface area contributed by atoms with Gasteiger partial charge in [0.2, 0.25) is 0 Å². The number of hydrogen-bond donors (Lipinski definition) is 1. The molecule has 1 aliphatic heterocycles. The van der Waals surface area contributed by atoms with Crippen LogP contribution in [0, 0.1) is 0 Å². The van der Waals surface area contributed by atoms with Crippen molar-refractivity contribution in [3.05, 3.63) is 78.1 Å². The third-order valence-electron chi connectivity index (χ3n) is 6.11. The first-order valence-electron chi connectivity index (χ1n) is 12.4. The highest BCUT2D eigenvalue weighted by atomic mass is 16.5. The zero-order chi connectivity index (χ0) is 23.8. The van der Waals surface area contributed by atoms with Gasteiger partial charge in [0.05, 0.1) is 11.7 Å². The Kier molecular flexibility index (Phi) is 8.31. The summed E-state index contributed by atoms with van der Waals surface area (Å²) in [4.78, 5) is 19.6. The molecule has 5 heteroatoms. The number of ether oxygens (including phenoxy) is 1. The molecule has 4 rings (SSSR count). The smallest absolute Gasteiger partial charge is 0.259 e. The predicted octanol–water partition coefficient (Wildman–Crippen LogP) is 6.24. The molecular formula is C29H35N3O2. The summed E-state index contributed by atoms with van der Waals surface area (Å²) in [7, 11) is 0. The molecule has 0 aliphatic carbocycles. The van der Waals surface area contributed by atoms with Crippen LogP contribution >= 0.6 is 0 Å². The van der Waals surface area contributed by atoms with Gasteiger partial charge in [0.15, 0.2) is 0 Å². The fourth-order valence-corrected chi connectivity index (χ4v) is 4.44. The van der Waals surface area contributed by atoms with Crippen molar-refractivity contribution in [1.29, 1.82) is 0 Å². The largest absolute Gasteiger partial charge is 0.491 e. The normalized spacial score (nSPS) is 15.2. The first-order valence-corrected chi connectivity index (χ1v) is 12.4. The van der Waals surface area contributed by atoms with E-state index in [1.54, 1.807) is 12.4 Å². The number of hydrogen-bond acceptors (Lipinski definition) is 4. The summed E-state index contributed by atoms with van der Waals surface area (Å²) >= 11 is 0. The van der Waals surface area contributed by atoms with Gasteiger partial charge in [-0.15, -0.1) is 0 Å². The number of carbonyl (C=O) groups is 1. The van der Waals surface area contributed by atoms with Crippen LogP contribution in [-0.2, 0) is 6.54 Å². The van der Waals surface area contributed by atoms with Crippen LogP contribution in [0.2, 0.25) is 0 Å². The van der Waals surface area contributed by atoms with Crippen molar-refractivity contribution in [3.63, 3.8) is 0 Å². The van der Waals surface area contributed by atoms with Crippen LogP contribution in [0.1, 0.15) is 61.9 Å². The lowest BCUT2D eigenvalue weighted by atomic mass is 10.00. The van der Waals surface area contributed by atoms with Gasteiger partial charge in [0, 0.05) is 31.2 Å². The minimum absolute atomic E-state index is 0.00601. The van der Waals surface area contributed by atoms with Crippen molar-refractivity contribution in [2.75, 3.05) is 18.0 Å². The van der Waals surface area contributed by atoms with E-state index in [1.165, 1.54) is 19.3 Å². The molecule has 0 unspecified atom stereocenters. The molecule has 0 saturated heterocycles. The van der Waals surface area contributed by atoms with Crippen LogP contribution in [0.4, 0.5) is 5.69 Å². The maximum absolute atomic E-state index is 13.5. The minimum Gasteiger partial charge on any atom is -0.491 e. The van der Waals surface area contributed by atoms with E-state index in [4.69, 9.17) is 4.74 Å². The molecule has 0 bridgehead atoms. The molecule has 1 N–H and O–H groups in total. The zero-order valence-corrected chi connectivity index (χ0v) is 20.3. The van der Waals surface area contributed by atoms with Gasteiger partial charge in [-0.05, 0) is 86.3 Å². The van der Waals surface area contributed by atoms with E-state index >= 15 is 0 Å². The molecule has 1 aromatic heterocycles. The van der Waals surface area contributed by atoms with Crippen LogP contribution in [0.5, 0.6) is 5.75 Å². The van der Waals surface area contributed by atoms with Crippen molar-refractivity contribution in [3.8, 4) is 16.9 Å². The first kappa shape index (κ1) is 24.0. The number of pyridine rings is 1. The van der Waals surface area contributed by atoms with Crippen LogP contribution in [-0.4, -0.2) is 30.1 Å². The van der Waals surface area contributed by atoms with Crippen LogP contribution in [0.3, 0.4) is 0 Å². The topological polar surface area (TPSA) is 54.5 Å². The Bertz CT molecular complexity index is 1080. The third kappa shape index (κ3) is 6.23. The van der Waals surface area contributed by atoms with Gasteiger partial charge in [-0.2, -0.15) is 0 Å². The highest BCUT2D eigenvalue weighted by Crippen LogP contribution is 2.31. The average Bonchev–Trinajstić information content (AvgIpc) is 2.84. The SMILES string of the molecule is CC(C)Oc1cccc(-c2ccc3c(c2)CNCCCCCCCN3C(=O)c2cccnc2)c1. The van der Waals surface area contributed by atoms with Gasteiger partial charge >= 0.3 is 0 Å². The summed E-state index contributed by atoms with van der Waals surface area (Å²) in [6, 6.07) is 18.3. The van der Waals surface area contributed by atoms with E-state index in [9.17, 15) is 4.79 Å². The van der Waals surface area contributed by atoms with Gasteiger partial charge in [-0.1, -0.05) is 37.5 Å². The number of anilines is 1. The van der Waals surface area contributed by atoms with E-state index in [1.807, 2.05) is 43.0 Å². The first-order chi connectivity index (χ1) is 16.6. The maximum atomic E-state index is 13.5. The number of aromatic nitrogens is 1. The number of nitrogens with one attached hydrogen (secondary N) is 1. The molecule has 0 saturated carbocycles. The second kappa shape index (κ2) is 11.8. The van der Waals surface area contributed by atoms with E-state index in [0.29, 0.717) is 12.1 Å². The number of carbonyl (C=O) groups excluding carboxylic acids is 1. The van der Waals surface area contributed by atoms with Gasteiger partial charge < -0.3 is 15.0 Å². The summed E-state index contributed by atoms with van der Waals surface area (Å²) in [5.74, 6) is 0.873. The van der Waals surface area contributed by atoms with Gasteiger partial charge in [0.25, 0.3) is 5.91 Å². The van der Waals surface area contributed by atoms with Gasteiger partial charge in [0.1, 0.15) is 5.75 Å². The quantitative estimate of drug-likeness (QED) is 0.504. The standard InChI is InChI=1S/C29H35N3O2/c1-22(2)34-27-12-8-10-23(19-27)24-13-14-28-26(18-24)21-30-15-6-4-3-5-7-17-32(28)29(33)25-11-9-16-31-20-25/h8-14,16,18-20,22,30H,3-7,15,17,21H2,1-2H3. The molecule has 1 amide bonds. The fraction of sp³-hybridized carbons (Fsp3) is 0.379. The van der Waals surface area contributed by atoms with Gasteiger partial charge in [-0.3, -0.25) is 9.78 Å².